The van der Waals surface area contributed by atoms with Gasteiger partial charge in [-0.1, -0.05) is 0 Å². The molecule has 202 valence electrons. The molecule has 1 aliphatic rings. The summed E-state index contributed by atoms with van der Waals surface area (Å²) in [5.41, 5.74) is 1.54. The van der Waals surface area contributed by atoms with E-state index in [1.807, 2.05) is 33.8 Å². The molecule has 3 rings (SSSR count). The third-order valence-electron chi connectivity index (χ3n) is 5.38. The normalized spacial score (nSPS) is 13.2. The van der Waals surface area contributed by atoms with E-state index in [9.17, 15) is 9.59 Å². The lowest BCUT2D eigenvalue weighted by molar-refractivity contribution is -0.119. The molecule has 10 nitrogen and oxygen atoms in total. The Morgan fingerprint density at radius 3 is 2.32 bits per heavy atom. The van der Waals surface area contributed by atoms with Crippen molar-refractivity contribution in [2.24, 2.45) is 0 Å². The van der Waals surface area contributed by atoms with Gasteiger partial charge in [0.25, 0.3) is 5.91 Å². The smallest absolute Gasteiger partial charge is 0.338 e. The molecule has 1 fully saturated rings. The molecule has 1 N–H and O–H groups in total. The number of anilines is 2. The van der Waals surface area contributed by atoms with Gasteiger partial charge in [0, 0.05) is 25.2 Å². The predicted molar refractivity (Wildman–Crippen MR) is 139 cm³/mol. The number of nitrogens with zero attached hydrogens (tertiary/aromatic N) is 1. The summed E-state index contributed by atoms with van der Waals surface area (Å²) in [5, 5.41) is 2.78. The number of amides is 1. The molecule has 1 saturated heterocycles. The van der Waals surface area contributed by atoms with E-state index in [2.05, 4.69) is 10.2 Å². The maximum absolute atomic E-state index is 12.7. The monoisotopic (exact) mass is 516 g/mol. The van der Waals surface area contributed by atoms with E-state index in [4.69, 9.17) is 28.4 Å². The summed E-state index contributed by atoms with van der Waals surface area (Å²) in [4.78, 5) is 27.4. The first-order chi connectivity index (χ1) is 17.9. The van der Waals surface area contributed by atoms with Crippen LogP contribution in [0.2, 0.25) is 0 Å². The highest BCUT2D eigenvalue weighted by Gasteiger charge is 2.21. The van der Waals surface area contributed by atoms with Gasteiger partial charge in [0.2, 0.25) is 0 Å². The van der Waals surface area contributed by atoms with Gasteiger partial charge in [0.05, 0.1) is 56.6 Å². The minimum absolute atomic E-state index is 0.0526. The Hall–Kier alpha value is -3.66. The van der Waals surface area contributed by atoms with Crippen LogP contribution in [0.15, 0.2) is 30.3 Å². The van der Waals surface area contributed by atoms with Crippen molar-refractivity contribution >= 4 is 23.3 Å². The maximum Gasteiger partial charge on any atom is 0.338 e. The molecule has 1 aliphatic heterocycles. The largest absolute Gasteiger partial charge is 0.493 e. The van der Waals surface area contributed by atoms with Crippen molar-refractivity contribution in [1.82, 2.24) is 0 Å². The zero-order valence-electron chi connectivity index (χ0n) is 22.1. The number of hydrogen-bond acceptors (Lipinski definition) is 9. The first kappa shape index (κ1) is 27.9. The summed E-state index contributed by atoms with van der Waals surface area (Å²) in [6, 6.07) is 8.30. The van der Waals surface area contributed by atoms with Crippen LogP contribution in [0.4, 0.5) is 11.4 Å². The van der Waals surface area contributed by atoms with Crippen LogP contribution in [-0.4, -0.2) is 71.2 Å². The average molecular weight is 517 g/mol. The molecule has 0 spiro atoms. The Kier molecular flexibility index (Phi) is 10.3. The lowest BCUT2D eigenvalue weighted by Crippen LogP contribution is -2.36. The second kappa shape index (κ2) is 13.6. The van der Waals surface area contributed by atoms with Crippen molar-refractivity contribution in [3.63, 3.8) is 0 Å². The first-order valence-corrected chi connectivity index (χ1v) is 12.4. The number of rotatable bonds is 12. The molecule has 0 saturated carbocycles. The minimum atomic E-state index is -0.660. The van der Waals surface area contributed by atoms with Crippen LogP contribution in [0.25, 0.3) is 0 Å². The van der Waals surface area contributed by atoms with Gasteiger partial charge < -0.3 is 38.6 Å². The molecule has 1 heterocycles. The Morgan fingerprint density at radius 1 is 0.973 bits per heavy atom. The highest BCUT2D eigenvalue weighted by Crippen LogP contribution is 2.39. The molecule has 0 unspecified atom stereocenters. The molecular weight excluding hydrogens is 480 g/mol. The van der Waals surface area contributed by atoms with E-state index in [-0.39, 0.29) is 11.7 Å². The number of morpholine rings is 1. The highest BCUT2D eigenvalue weighted by molar-refractivity contribution is 5.97. The van der Waals surface area contributed by atoms with Crippen LogP contribution < -0.4 is 29.2 Å². The Balaban J connectivity index is 1.71. The fraction of sp³-hybridized carbons (Fsp3) is 0.481. The third kappa shape index (κ3) is 7.66. The van der Waals surface area contributed by atoms with Crippen LogP contribution in [0, 0.1) is 0 Å². The van der Waals surface area contributed by atoms with Crippen molar-refractivity contribution < 1.29 is 38.0 Å². The molecule has 10 heteroatoms. The fourth-order valence-electron chi connectivity index (χ4n) is 3.79. The van der Waals surface area contributed by atoms with Crippen LogP contribution >= 0.6 is 0 Å². The number of nitrogens with one attached hydrogen (secondary N) is 1. The third-order valence-corrected chi connectivity index (χ3v) is 5.38. The lowest BCUT2D eigenvalue weighted by Gasteiger charge is -2.31. The van der Waals surface area contributed by atoms with E-state index in [0.29, 0.717) is 55.1 Å². The summed E-state index contributed by atoms with van der Waals surface area (Å²) in [6.45, 7) is 10.6. The fourth-order valence-corrected chi connectivity index (χ4v) is 3.79. The van der Waals surface area contributed by atoms with Gasteiger partial charge in [-0.25, -0.2) is 4.79 Å². The van der Waals surface area contributed by atoms with Crippen LogP contribution in [0.1, 0.15) is 38.1 Å². The number of esters is 1. The van der Waals surface area contributed by atoms with E-state index >= 15 is 0 Å². The number of carbonyl (C=O) groups is 2. The van der Waals surface area contributed by atoms with Crippen molar-refractivity contribution in [2.75, 3.05) is 63.5 Å². The zero-order chi connectivity index (χ0) is 26.8. The number of carbonyl (C=O) groups excluding carboxylic acids is 2. The quantitative estimate of drug-likeness (QED) is 0.420. The number of ether oxygens (including phenoxy) is 6. The van der Waals surface area contributed by atoms with Gasteiger partial charge in [-0.15, -0.1) is 0 Å². The summed E-state index contributed by atoms with van der Waals surface area (Å²) < 4.78 is 33.3. The molecule has 0 aromatic heterocycles. The van der Waals surface area contributed by atoms with Crippen molar-refractivity contribution in [2.45, 2.75) is 33.8 Å². The van der Waals surface area contributed by atoms with E-state index in [0.717, 1.165) is 18.8 Å². The number of benzene rings is 2. The molecule has 0 bridgehead atoms. The topological polar surface area (TPSA) is 105 Å². The van der Waals surface area contributed by atoms with Gasteiger partial charge >= 0.3 is 5.97 Å². The van der Waals surface area contributed by atoms with Gasteiger partial charge in [-0.05, 0) is 45.9 Å². The van der Waals surface area contributed by atoms with Crippen molar-refractivity contribution in [1.29, 1.82) is 0 Å². The predicted octanol–water partition coefficient (Wildman–Crippen LogP) is 3.91. The zero-order valence-corrected chi connectivity index (χ0v) is 22.1. The number of methoxy groups -OCH3 is 1. The first-order valence-electron chi connectivity index (χ1n) is 12.4. The lowest BCUT2D eigenvalue weighted by atomic mass is 10.2. The highest BCUT2D eigenvalue weighted by atomic mass is 16.5. The maximum atomic E-state index is 12.7. The van der Waals surface area contributed by atoms with Gasteiger partial charge in [-0.2, -0.15) is 0 Å². The van der Waals surface area contributed by atoms with E-state index < -0.39 is 18.5 Å². The molecule has 0 aliphatic carbocycles. The molecule has 2 aromatic rings. The van der Waals surface area contributed by atoms with E-state index in [1.54, 1.807) is 18.2 Å². The van der Waals surface area contributed by atoms with E-state index in [1.165, 1.54) is 13.2 Å². The Morgan fingerprint density at radius 2 is 1.68 bits per heavy atom. The average Bonchev–Trinajstić information content (AvgIpc) is 2.89. The summed E-state index contributed by atoms with van der Waals surface area (Å²) >= 11 is 0. The Labute approximate surface area is 217 Å². The van der Waals surface area contributed by atoms with Crippen molar-refractivity contribution in [3.8, 4) is 23.0 Å². The second-order valence-electron chi connectivity index (χ2n) is 8.44. The molecule has 37 heavy (non-hydrogen) atoms. The molecule has 2 aromatic carbocycles. The summed E-state index contributed by atoms with van der Waals surface area (Å²) in [5.74, 6) is 0.863. The summed E-state index contributed by atoms with van der Waals surface area (Å²) in [7, 11) is 1.49. The minimum Gasteiger partial charge on any atom is -0.493 e. The second-order valence-corrected chi connectivity index (χ2v) is 8.44. The van der Waals surface area contributed by atoms with Crippen molar-refractivity contribution in [3.05, 3.63) is 35.9 Å². The van der Waals surface area contributed by atoms with Gasteiger partial charge in [-0.3, -0.25) is 4.79 Å². The molecule has 0 radical (unpaired) electrons. The Bertz CT molecular complexity index is 1070. The van der Waals surface area contributed by atoms with Crippen LogP contribution in [0.3, 0.4) is 0 Å². The van der Waals surface area contributed by atoms with Crippen LogP contribution in [-0.2, 0) is 14.3 Å². The summed E-state index contributed by atoms with van der Waals surface area (Å²) in [6.07, 6.45) is -0.0526. The molecule has 0 atom stereocenters. The molecular formula is C27H36N2O8. The van der Waals surface area contributed by atoms with Crippen LogP contribution in [0.5, 0.6) is 23.0 Å². The number of hydrogen-bond donors (Lipinski definition) is 1. The molecule has 1 amide bonds. The SMILES string of the molecule is CCOc1cc(N2CCOCC2)c(OCC)cc1NC(=O)COC(=O)c1ccc(OC(C)C)c(OC)c1. The standard InChI is InChI=1S/C27H36N2O8/c1-6-34-23-16-21(29-10-12-33-13-11-29)24(35-7-2)15-20(23)28-26(30)17-36-27(31)19-8-9-22(37-18(3)4)25(14-19)32-5/h8-9,14-16,18H,6-7,10-13,17H2,1-5H3,(H,28,30). The van der Waals surface area contributed by atoms with Gasteiger partial charge in [0.1, 0.15) is 11.5 Å². The van der Waals surface area contributed by atoms with Gasteiger partial charge in [0.15, 0.2) is 18.1 Å².